The fraction of sp³-hybridized carbons (Fsp3) is 0.0741. The van der Waals surface area contributed by atoms with Crippen LogP contribution in [0.4, 0.5) is 14.6 Å². The number of halogens is 2. The molecular weight excluding hydrogens is 434 g/mol. The number of nitrogens with one attached hydrogen (secondary N) is 1. The van der Waals surface area contributed by atoms with E-state index < -0.39 is 11.6 Å². The largest absolute Gasteiger partial charge is 0.307 e. The number of hydrogen-bond acceptors (Lipinski definition) is 3. The molecule has 5 aromatic rings. The maximum absolute atomic E-state index is 14.2. The third-order valence-electron chi connectivity index (χ3n) is 5.73. The molecular formula is C27H20F2N4O. The number of anilines is 1. The topological polar surface area (TPSA) is 59.8 Å². The Morgan fingerprint density at radius 3 is 2.56 bits per heavy atom. The second-order valence-electron chi connectivity index (χ2n) is 8.06. The molecule has 0 saturated carbocycles. The average Bonchev–Trinajstić information content (AvgIpc) is 3.18. The first-order valence-electron chi connectivity index (χ1n) is 10.7. The quantitative estimate of drug-likeness (QED) is 0.355. The van der Waals surface area contributed by atoms with Crippen molar-refractivity contribution in [2.75, 3.05) is 5.32 Å². The summed E-state index contributed by atoms with van der Waals surface area (Å²) in [6, 6.07) is 20.1. The summed E-state index contributed by atoms with van der Waals surface area (Å²) in [6.07, 6.45) is 1.51. The second kappa shape index (κ2) is 8.51. The van der Waals surface area contributed by atoms with Gasteiger partial charge in [-0.3, -0.25) is 14.5 Å². The van der Waals surface area contributed by atoms with Crippen LogP contribution in [0.25, 0.3) is 33.3 Å². The van der Waals surface area contributed by atoms with Crippen molar-refractivity contribution in [3.05, 3.63) is 102 Å². The Hall–Kier alpha value is -4.39. The summed E-state index contributed by atoms with van der Waals surface area (Å²) in [7, 11) is 1.77. The number of carbonyl (C=O) groups is 1. The molecule has 0 aliphatic carbocycles. The molecule has 0 atom stereocenters. The lowest BCUT2D eigenvalue weighted by molar-refractivity contribution is 0.102. The summed E-state index contributed by atoms with van der Waals surface area (Å²) < 4.78 is 29.0. The first kappa shape index (κ1) is 21.5. The maximum atomic E-state index is 14.2. The molecule has 1 amide bonds. The predicted molar refractivity (Wildman–Crippen MR) is 128 cm³/mol. The van der Waals surface area contributed by atoms with Crippen LogP contribution in [-0.4, -0.2) is 20.7 Å². The van der Waals surface area contributed by atoms with Gasteiger partial charge < -0.3 is 5.32 Å². The van der Waals surface area contributed by atoms with Gasteiger partial charge >= 0.3 is 0 Å². The van der Waals surface area contributed by atoms with Gasteiger partial charge in [0.2, 0.25) is 0 Å². The van der Waals surface area contributed by atoms with Gasteiger partial charge in [0.05, 0.1) is 11.2 Å². The van der Waals surface area contributed by atoms with Crippen LogP contribution in [0.15, 0.2) is 79.0 Å². The monoisotopic (exact) mass is 454 g/mol. The van der Waals surface area contributed by atoms with Gasteiger partial charge in [0, 0.05) is 53.0 Å². The summed E-state index contributed by atoms with van der Waals surface area (Å²) in [4.78, 5) is 17.3. The van der Waals surface area contributed by atoms with E-state index in [-0.39, 0.29) is 11.5 Å². The highest BCUT2D eigenvalue weighted by Crippen LogP contribution is 2.27. The smallest absolute Gasteiger partial charge is 0.256 e. The van der Waals surface area contributed by atoms with Crippen molar-refractivity contribution < 1.29 is 13.6 Å². The van der Waals surface area contributed by atoms with Crippen molar-refractivity contribution in [3.8, 4) is 22.4 Å². The lowest BCUT2D eigenvalue weighted by atomic mass is 10.0. The van der Waals surface area contributed by atoms with Gasteiger partial charge in [-0.25, -0.2) is 8.78 Å². The molecule has 5 nitrogen and oxygen atoms in total. The average molecular weight is 454 g/mol. The number of fused-ring (bicyclic) bond motifs is 1. The van der Waals surface area contributed by atoms with Crippen LogP contribution in [0.5, 0.6) is 0 Å². The third kappa shape index (κ3) is 4.03. The van der Waals surface area contributed by atoms with Crippen LogP contribution < -0.4 is 5.32 Å². The zero-order valence-electron chi connectivity index (χ0n) is 18.5. The van der Waals surface area contributed by atoms with E-state index in [4.69, 9.17) is 0 Å². The first-order chi connectivity index (χ1) is 16.4. The van der Waals surface area contributed by atoms with Gasteiger partial charge in [-0.15, -0.1) is 0 Å². The normalized spacial score (nSPS) is 11.1. The highest BCUT2D eigenvalue weighted by Gasteiger charge is 2.14. The van der Waals surface area contributed by atoms with E-state index in [0.29, 0.717) is 22.5 Å². The molecule has 7 heteroatoms. The van der Waals surface area contributed by atoms with Crippen molar-refractivity contribution in [3.63, 3.8) is 0 Å². The van der Waals surface area contributed by atoms with Crippen LogP contribution in [0, 0.1) is 18.6 Å². The van der Waals surface area contributed by atoms with Crippen LogP contribution in [0.1, 0.15) is 15.9 Å². The number of hydrogen-bond donors (Lipinski definition) is 1. The van der Waals surface area contributed by atoms with Gasteiger partial charge in [-0.05, 0) is 42.8 Å². The van der Waals surface area contributed by atoms with Crippen molar-refractivity contribution in [2.24, 2.45) is 7.05 Å². The number of benzene rings is 3. The zero-order chi connectivity index (χ0) is 23.8. The number of amides is 1. The van der Waals surface area contributed by atoms with Crippen LogP contribution >= 0.6 is 0 Å². The minimum absolute atomic E-state index is 0.262. The van der Waals surface area contributed by atoms with Gasteiger partial charge in [0.15, 0.2) is 0 Å². The van der Waals surface area contributed by atoms with Gasteiger partial charge in [-0.2, -0.15) is 5.10 Å². The van der Waals surface area contributed by atoms with E-state index in [9.17, 15) is 13.6 Å². The number of nitrogens with zero attached hydrogens (tertiary/aromatic N) is 3. The fourth-order valence-electron chi connectivity index (χ4n) is 3.90. The number of aryl methyl sites for hydroxylation is 2. The van der Waals surface area contributed by atoms with Crippen molar-refractivity contribution in [1.82, 2.24) is 14.8 Å². The number of pyridine rings is 1. The minimum Gasteiger partial charge on any atom is -0.307 e. The van der Waals surface area contributed by atoms with Crippen molar-refractivity contribution in [1.29, 1.82) is 0 Å². The fourth-order valence-corrected chi connectivity index (χ4v) is 3.90. The zero-order valence-corrected chi connectivity index (χ0v) is 18.5. The van der Waals surface area contributed by atoms with Gasteiger partial charge in [0.1, 0.15) is 17.5 Å². The Morgan fingerprint density at radius 2 is 1.76 bits per heavy atom. The molecule has 1 N–H and O–H groups in total. The standard InChI is InChI=1S/C27H20F2N4O/c1-16-5-3-4-6-21(16)25-14-26(33(2)32-25)31-27(34)18-8-7-17-11-19(15-30-24(17)12-18)22-10-9-20(28)13-23(22)29/h3-15H,1-2H3,(H,31,34). The third-order valence-corrected chi connectivity index (χ3v) is 5.73. The Morgan fingerprint density at radius 1 is 0.941 bits per heavy atom. The van der Waals surface area contributed by atoms with E-state index in [1.165, 1.54) is 18.3 Å². The Bertz CT molecular complexity index is 1560. The Labute approximate surface area is 194 Å². The highest BCUT2D eigenvalue weighted by atomic mass is 19.1. The summed E-state index contributed by atoms with van der Waals surface area (Å²) in [5.74, 6) is -1.02. The molecule has 0 unspecified atom stereocenters. The van der Waals surface area contributed by atoms with Gasteiger partial charge in [-0.1, -0.05) is 30.3 Å². The summed E-state index contributed by atoms with van der Waals surface area (Å²) in [5, 5.41) is 8.16. The van der Waals surface area contributed by atoms with Crippen LogP contribution in [0.3, 0.4) is 0 Å². The molecule has 0 radical (unpaired) electrons. The predicted octanol–water partition coefficient (Wildman–Crippen LogP) is 6.14. The molecule has 168 valence electrons. The molecule has 0 aliphatic rings. The maximum Gasteiger partial charge on any atom is 0.256 e. The molecule has 0 saturated heterocycles. The molecule has 2 aromatic heterocycles. The number of aromatic nitrogens is 3. The first-order valence-corrected chi connectivity index (χ1v) is 10.7. The molecule has 3 aromatic carbocycles. The van der Waals surface area contributed by atoms with Crippen molar-refractivity contribution in [2.45, 2.75) is 6.92 Å². The molecule has 34 heavy (non-hydrogen) atoms. The summed E-state index contributed by atoms with van der Waals surface area (Å²) in [5.41, 5.74) is 4.68. The van der Waals surface area contributed by atoms with E-state index in [1.807, 2.05) is 37.3 Å². The number of rotatable bonds is 4. The molecule has 0 aliphatic heterocycles. The molecule has 0 bridgehead atoms. The lowest BCUT2D eigenvalue weighted by Gasteiger charge is -2.08. The van der Waals surface area contributed by atoms with Crippen LogP contribution in [-0.2, 0) is 7.05 Å². The summed E-state index contributed by atoms with van der Waals surface area (Å²) >= 11 is 0. The Balaban J connectivity index is 1.40. The van der Waals surface area contributed by atoms with Crippen molar-refractivity contribution >= 4 is 22.6 Å². The van der Waals surface area contributed by atoms with E-state index in [2.05, 4.69) is 15.4 Å². The lowest BCUT2D eigenvalue weighted by Crippen LogP contribution is -2.14. The van der Waals surface area contributed by atoms with E-state index in [1.54, 1.807) is 36.0 Å². The second-order valence-corrected chi connectivity index (χ2v) is 8.06. The Kier molecular flexibility index (Phi) is 5.37. The van der Waals surface area contributed by atoms with E-state index in [0.717, 1.165) is 28.3 Å². The SMILES string of the molecule is Cc1ccccc1-c1cc(NC(=O)c2ccc3cc(-c4ccc(F)cc4F)cnc3c2)n(C)n1. The molecule has 0 spiro atoms. The number of carbonyl (C=O) groups excluding carboxylic acids is 1. The molecule has 0 fully saturated rings. The minimum atomic E-state index is -0.654. The van der Waals surface area contributed by atoms with Crippen LogP contribution in [0.2, 0.25) is 0 Å². The van der Waals surface area contributed by atoms with Gasteiger partial charge in [0.25, 0.3) is 5.91 Å². The molecule has 2 heterocycles. The highest BCUT2D eigenvalue weighted by molar-refractivity contribution is 6.06. The molecule has 5 rings (SSSR count). The van der Waals surface area contributed by atoms with E-state index >= 15 is 0 Å². The summed E-state index contributed by atoms with van der Waals surface area (Å²) in [6.45, 7) is 2.01.